The second-order valence-electron chi connectivity index (χ2n) is 5.11. The molecule has 0 saturated carbocycles. The highest BCUT2D eigenvalue weighted by Gasteiger charge is 2.06. The van der Waals surface area contributed by atoms with E-state index in [0.29, 0.717) is 0 Å². The lowest BCUT2D eigenvalue weighted by Gasteiger charge is -2.04. The van der Waals surface area contributed by atoms with Crippen molar-refractivity contribution in [1.29, 1.82) is 0 Å². The molecule has 4 heteroatoms. The number of hydrogen-bond acceptors (Lipinski definition) is 3. The average Bonchev–Trinajstić information content (AvgIpc) is 2.87. The van der Waals surface area contributed by atoms with Crippen LogP contribution >= 0.6 is 0 Å². The Hall–Kier alpha value is -2.23. The van der Waals surface area contributed by atoms with Crippen molar-refractivity contribution in [3.05, 3.63) is 42.6 Å². The normalized spacial score (nSPS) is 11.1. The summed E-state index contributed by atoms with van der Waals surface area (Å²) in [6.45, 7) is 5.21. The van der Waals surface area contributed by atoms with E-state index < -0.39 is 0 Å². The van der Waals surface area contributed by atoms with Gasteiger partial charge in [0.05, 0.1) is 6.33 Å². The quantitative estimate of drug-likeness (QED) is 0.724. The first-order valence-corrected chi connectivity index (χ1v) is 7.01. The molecule has 3 heterocycles. The molecule has 3 aromatic rings. The number of imidazole rings is 1. The van der Waals surface area contributed by atoms with E-state index in [0.717, 1.165) is 40.8 Å². The summed E-state index contributed by atoms with van der Waals surface area (Å²) in [6.07, 6.45) is 9.83. The van der Waals surface area contributed by atoms with Crippen LogP contribution in [0.3, 0.4) is 0 Å². The standard InChI is InChI=1S/C16H18N4/c1-3-4-5-20-11-19-15-7-14(10-18-16(15)20)13-6-12(2)8-17-9-13/h6-11H,3-5H2,1-2H3. The van der Waals surface area contributed by atoms with Crippen molar-refractivity contribution < 1.29 is 0 Å². The number of fused-ring (bicyclic) bond motifs is 1. The Morgan fingerprint density at radius 1 is 1.05 bits per heavy atom. The average molecular weight is 266 g/mol. The zero-order valence-corrected chi connectivity index (χ0v) is 11.9. The zero-order chi connectivity index (χ0) is 13.9. The molecule has 0 saturated heterocycles. The molecule has 0 aliphatic carbocycles. The van der Waals surface area contributed by atoms with Crippen molar-refractivity contribution in [3.63, 3.8) is 0 Å². The molecule has 0 unspecified atom stereocenters. The summed E-state index contributed by atoms with van der Waals surface area (Å²) >= 11 is 0. The van der Waals surface area contributed by atoms with Gasteiger partial charge in [0.15, 0.2) is 5.65 Å². The van der Waals surface area contributed by atoms with Crippen LogP contribution in [0.15, 0.2) is 37.1 Å². The van der Waals surface area contributed by atoms with E-state index in [4.69, 9.17) is 0 Å². The van der Waals surface area contributed by atoms with Gasteiger partial charge in [0.1, 0.15) is 5.52 Å². The van der Waals surface area contributed by atoms with E-state index in [-0.39, 0.29) is 0 Å². The fourth-order valence-electron chi connectivity index (χ4n) is 2.31. The summed E-state index contributed by atoms with van der Waals surface area (Å²) in [6, 6.07) is 4.20. The molecule has 3 aromatic heterocycles. The maximum absolute atomic E-state index is 4.57. The highest BCUT2D eigenvalue weighted by Crippen LogP contribution is 2.22. The highest BCUT2D eigenvalue weighted by atomic mass is 15.1. The number of aryl methyl sites for hydroxylation is 2. The topological polar surface area (TPSA) is 43.6 Å². The first kappa shape index (κ1) is 12.8. The largest absolute Gasteiger partial charge is 0.315 e. The van der Waals surface area contributed by atoms with Gasteiger partial charge in [0, 0.05) is 36.3 Å². The summed E-state index contributed by atoms with van der Waals surface area (Å²) < 4.78 is 2.12. The van der Waals surface area contributed by atoms with Crippen LogP contribution in [0.4, 0.5) is 0 Å². The molecule has 102 valence electrons. The molecule has 0 atom stereocenters. The first-order valence-electron chi connectivity index (χ1n) is 7.01. The SMILES string of the molecule is CCCCn1cnc2cc(-c3cncc(C)c3)cnc21. The molecule has 20 heavy (non-hydrogen) atoms. The van der Waals surface area contributed by atoms with E-state index in [1.54, 1.807) is 0 Å². The minimum Gasteiger partial charge on any atom is -0.315 e. The van der Waals surface area contributed by atoms with E-state index >= 15 is 0 Å². The van der Waals surface area contributed by atoms with Crippen LogP contribution in [-0.4, -0.2) is 19.5 Å². The first-order chi connectivity index (χ1) is 9.78. The Bertz CT molecular complexity index is 730. The summed E-state index contributed by atoms with van der Waals surface area (Å²) in [4.78, 5) is 13.3. The molecule has 0 spiro atoms. The second-order valence-corrected chi connectivity index (χ2v) is 5.11. The third-order valence-corrected chi connectivity index (χ3v) is 3.42. The van der Waals surface area contributed by atoms with Crippen LogP contribution < -0.4 is 0 Å². The fourth-order valence-corrected chi connectivity index (χ4v) is 2.31. The van der Waals surface area contributed by atoms with Crippen molar-refractivity contribution in [1.82, 2.24) is 19.5 Å². The lowest BCUT2D eigenvalue weighted by molar-refractivity contribution is 0.642. The number of unbranched alkanes of at least 4 members (excludes halogenated alkanes) is 1. The van der Waals surface area contributed by atoms with Gasteiger partial charge in [-0.15, -0.1) is 0 Å². The van der Waals surface area contributed by atoms with E-state index in [2.05, 4.69) is 38.6 Å². The molecule has 0 aliphatic heterocycles. The van der Waals surface area contributed by atoms with Gasteiger partial charge in [-0.3, -0.25) is 4.98 Å². The summed E-state index contributed by atoms with van der Waals surface area (Å²) in [5.41, 5.74) is 5.20. The van der Waals surface area contributed by atoms with Crippen LogP contribution in [0.1, 0.15) is 25.3 Å². The summed E-state index contributed by atoms with van der Waals surface area (Å²) in [5.74, 6) is 0. The fraction of sp³-hybridized carbons (Fsp3) is 0.312. The van der Waals surface area contributed by atoms with Crippen molar-refractivity contribution in [2.75, 3.05) is 0 Å². The molecule has 4 nitrogen and oxygen atoms in total. The molecule has 0 radical (unpaired) electrons. The van der Waals surface area contributed by atoms with Crippen LogP contribution in [0.25, 0.3) is 22.3 Å². The van der Waals surface area contributed by atoms with Gasteiger partial charge in [-0.05, 0) is 31.0 Å². The maximum atomic E-state index is 4.57. The van der Waals surface area contributed by atoms with Gasteiger partial charge in [0.25, 0.3) is 0 Å². The van der Waals surface area contributed by atoms with Gasteiger partial charge in [-0.25, -0.2) is 9.97 Å². The molecule has 0 fully saturated rings. The molecule has 0 bridgehead atoms. The minimum atomic E-state index is 0.945. The molecule has 0 N–H and O–H groups in total. The maximum Gasteiger partial charge on any atom is 0.159 e. The van der Waals surface area contributed by atoms with Gasteiger partial charge in [-0.2, -0.15) is 0 Å². The van der Waals surface area contributed by atoms with Gasteiger partial charge in [0.2, 0.25) is 0 Å². The lowest BCUT2D eigenvalue weighted by atomic mass is 10.1. The molecular weight excluding hydrogens is 248 g/mol. The Kier molecular flexibility index (Phi) is 3.46. The molecule has 0 amide bonds. The van der Waals surface area contributed by atoms with Crippen molar-refractivity contribution >= 4 is 11.2 Å². The van der Waals surface area contributed by atoms with Gasteiger partial charge in [-0.1, -0.05) is 13.3 Å². The summed E-state index contributed by atoms with van der Waals surface area (Å²) in [5, 5.41) is 0. The molecule has 0 aromatic carbocycles. The van der Waals surface area contributed by atoms with Gasteiger partial charge >= 0.3 is 0 Å². The highest BCUT2D eigenvalue weighted by molar-refractivity contribution is 5.78. The van der Waals surface area contributed by atoms with E-state index in [1.807, 2.05) is 31.8 Å². The summed E-state index contributed by atoms with van der Waals surface area (Å²) in [7, 11) is 0. The Balaban J connectivity index is 1.99. The third-order valence-electron chi connectivity index (χ3n) is 3.42. The predicted molar refractivity (Wildman–Crippen MR) is 80.4 cm³/mol. The van der Waals surface area contributed by atoms with Crippen LogP contribution in [0.5, 0.6) is 0 Å². The van der Waals surface area contributed by atoms with Gasteiger partial charge < -0.3 is 4.57 Å². The number of rotatable bonds is 4. The number of pyridine rings is 2. The number of aromatic nitrogens is 4. The third kappa shape index (κ3) is 2.41. The van der Waals surface area contributed by atoms with Crippen LogP contribution in [0.2, 0.25) is 0 Å². The second kappa shape index (κ2) is 5.41. The smallest absolute Gasteiger partial charge is 0.159 e. The Morgan fingerprint density at radius 3 is 2.70 bits per heavy atom. The molecule has 3 rings (SSSR count). The van der Waals surface area contributed by atoms with Crippen molar-refractivity contribution in [2.45, 2.75) is 33.2 Å². The lowest BCUT2D eigenvalue weighted by Crippen LogP contribution is -1.97. The number of nitrogens with zero attached hydrogens (tertiary/aromatic N) is 4. The molecular formula is C16H18N4. The van der Waals surface area contributed by atoms with E-state index in [9.17, 15) is 0 Å². The predicted octanol–water partition coefficient (Wildman–Crippen LogP) is 3.60. The minimum absolute atomic E-state index is 0.945. The molecule has 0 aliphatic rings. The monoisotopic (exact) mass is 266 g/mol. The zero-order valence-electron chi connectivity index (χ0n) is 11.9. The van der Waals surface area contributed by atoms with Crippen LogP contribution in [0, 0.1) is 6.92 Å². The number of hydrogen-bond donors (Lipinski definition) is 0. The van der Waals surface area contributed by atoms with E-state index in [1.165, 1.54) is 6.42 Å². The van der Waals surface area contributed by atoms with Crippen molar-refractivity contribution in [3.8, 4) is 11.1 Å². The van der Waals surface area contributed by atoms with Crippen LogP contribution in [-0.2, 0) is 6.54 Å². The van der Waals surface area contributed by atoms with Crippen molar-refractivity contribution in [2.24, 2.45) is 0 Å². The Labute approximate surface area is 118 Å². The Morgan fingerprint density at radius 2 is 1.90 bits per heavy atom.